The number of amides is 1. The van der Waals surface area contributed by atoms with Crippen LogP contribution >= 0.6 is 0 Å². The summed E-state index contributed by atoms with van der Waals surface area (Å²) < 4.78 is 31.4. The van der Waals surface area contributed by atoms with Crippen LogP contribution < -0.4 is 9.04 Å². The molecule has 0 unspecified atom stereocenters. The first-order chi connectivity index (χ1) is 12.9. The smallest absolute Gasteiger partial charge is 0.253 e. The van der Waals surface area contributed by atoms with E-state index in [4.69, 9.17) is 4.74 Å². The van der Waals surface area contributed by atoms with Crippen molar-refractivity contribution >= 4 is 21.6 Å². The molecule has 2 aromatic carbocycles. The summed E-state index contributed by atoms with van der Waals surface area (Å²) in [4.78, 5) is 14.5. The Morgan fingerprint density at radius 1 is 1.15 bits per heavy atom. The third kappa shape index (κ3) is 4.24. The van der Waals surface area contributed by atoms with E-state index >= 15 is 0 Å². The molecule has 1 saturated heterocycles. The molecule has 144 valence electrons. The van der Waals surface area contributed by atoms with E-state index in [1.54, 1.807) is 43.3 Å². The van der Waals surface area contributed by atoms with E-state index in [1.165, 1.54) is 4.31 Å². The van der Waals surface area contributed by atoms with Crippen molar-refractivity contribution in [2.45, 2.75) is 19.4 Å². The largest absolute Gasteiger partial charge is 0.496 e. The van der Waals surface area contributed by atoms with Crippen molar-refractivity contribution in [3.8, 4) is 5.75 Å². The predicted molar refractivity (Wildman–Crippen MR) is 106 cm³/mol. The van der Waals surface area contributed by atoms with Crippen LogP contribution in [0.1, 0.15) is 28.8 Å². The Bertz CT molecular complexity index is 927. The number of hydrogen-bond donors (Lipinski definition) is 0. The minimum absolute atomic E-state index is 0.152. The number of benzene rings is 2. The van der Waals surface area contributed by atoms with Gasteiger partial charge in [0.05, 0.1) is 18.6 Å². The molecule has 6 nitrogen and oxygen atoms in total. The molecule has 27 heavy (non-hydrogen) atoms. The molecule has 0 aliphatic carbocycles. The van der Waals surface area contributed by atoms with Gasteiger partial charge in [-0.3, -0.25) is 9.10 Å². The van der Waals surface area contributed by atoms with Gasteiger partial charge in [-0.1, -0.05) is 24.3 Å². The summed E-state index contributed by atoms with van der Waals surface area (Å²) in [6, 6.07) is 14.4. The second-order valence-corrected chi connectivity index (χ2v) is 8.63. The number of rotatable bonds is 5. The summed E-state index contributed by atoms with van der Waals surface area (Å²) in [5.74, 6) is 0.710. The second-order valence-electron chi connectivity index (χ2n) is 6.62. The van der Waals surface area contributed by atoms with Crippen LogP contribution in [-0.4, -0.2) is 45.7 Å². The number of para-hydroxylation sites is 1. The van der Waals surface area contributed by atoms with E-state index in [1.807, 2.05) is 24.3 Å². The van der Waals surface area contributed by atoms with Crippen molar-refractivity contribution in [2.75, 3.05) is 30.8 Å². The number of carbonyl (C=O) groups excluding carboxylic acids is 1. The van der Waals surface area contributed by atoms with Crippen molar-refractivity contribution in [1.29, 1.82) is 0 Å². The summed E-state index contributed by atoms with van der Waals surface area (Å²) in [6.07, 6.45) is 1.50. The first kappa shape index (κ1) is 19.2. The average molecular weight is 388 g/mol. The number of carbonyl (C=O) groups is 1. The van der Waals surface area contributed by atoms with Gasteiger partial charge in [-0.2, -0.15) is 0 Å². The molecule has 3 rings (SSSR count). The Kier molecular flexibility index (Phi) is 5.70. The molecule has 0 bridgehead atoms. The lowest BCUT2D eigenvalue weighted by Gasteiger charge is -2.28. The number of sulfonamides is 1. The van der Waals surface area contributed by atoms with E-state index in [-0.39, 0.29) is 11.7 Å². The fourth-order valence-corrected chi connectivity index (χ4v) is 4.89. The maximum absolute atomic E-state index is 12.9. The third-order valence-electron chi connectivity index (χ3n) is 4.68. The first-order valence-corrected chi connectivity index (χ1v) is 10.5. The monoisotopic (exact) mass is 388 g/mol. The van der Waals surface area contributed by atoms with Crippen LogP contribution in [-0.2, 0) is 16.6 Å². The van der Waals surface area contributed by atoms with Gasteiger partial charge in [0.2, 0.25) is 10.0 Å². The number of anilines is 1. The highest BCUT2D eigenvalue weighted by molar-refractivity contribution is 7.92. The molecule has 0 aromatic heterocycles. The summed E-state index contributed by atoms with van der Waals surface area (Å²) >= 11 is 0. The van der Waals surface area contributed by atoms with Gasteiger partial charge in [-0.15, -0.1) is 0 Å². The van der Waals surface area contributed by atoms with Crippen molar-refractivity contribution in [3.63, 3.8) is 0 Å². The molecule has 1 heterocycles. The number of ether oxygens (including phenoxy) is 1. The molecule has 1 aliphatic rings. The van der Waals surface area contributed by atoms with E-state index in [9.17, 15) is 13.2 Å². The van der Waals surface area contributed by atoms with Crippen LogP contribution in [0.5, 0.6) is 5.75 Å². The lowest BCUT2D eigenvalue weighted by atomic mass is 10.1. The summed E-state index contributed by atoms with van der Waals surface area (Å²) in [7, 11) is 0.0167. The lowest BCUT2D eigenvalue weighted by molar-refractivity contribution is 0.0784. The van der Waals surface area contributed by atoms with Gasteiger partial charge >= 0.3 is 0 Å². The van der Waals surface area contributed by atoms with Crippen LogP contribution in [0.15, 0.2) is 48.5 Å². The Morgan fingerprint density at radius 3 is 2.67 bits per heavy atom. The van der Waals surface area contributed by atoms with Crippen LogP contribution in [0.2, 0.25) is 0 Å². The Labute approximate surface area is 160 Å². The van der Waals surface area contributed by atoms with Crippen molar-refractivity contribution in [3.05, 3.63) is 59.7 Å². The van der Waals surface area contributed by atoms with E-state index in [0.29, 0.717) is 30.8 Å². The van der Waals surface area contributed by atoms with Gasteiger partial charge in [-0.05, 0) is 37.1 Å². The van der Waals surface area contributed by atoms with Crippen LogP contribution in [0.3, 0.4) is 0 Å². The molecule has 0 saturated carbocycles. The molecule has 1 aliphatic heterocycles. The van der Waals surface area contributed by atoms with Gasteiger partial charge in [0.25, 0.3) is 5.91 Å². The highest BCUT2D eigenvalue weighted by atomic mass is 32.2. The molecular weight excluding hydrogens is 364 g/mol. The third-order valence-corrected chi connectivity index (χ3v) is 6.55. The first-order valence-electron chi connectivity index (χ1n) is 8.90. The lowest BCUT2D eigenvalue weighted by Crippen LogP contribution is -2.38. The molecule has 0 spiro atoms. The molecular formula is C20H24N2O4S. The number of nitrogens with zero attached hydrogens (tertiary/aromatic N) is 2. The zero-order valence-electron chi connectivity index (χ0n) is 15.6. The topological polar surface area (TPSA) is 66.9 Å². The highest BCUT2D eigenvalue weighted by Gasteiger charge is 2.26. The van der Waals surface area contributed by atoms with Gasteiger partial charge in [0.1, 0.15) is 5.75 Å². The maximum atomic E-state index is 12.9. The van der Waals surface area contributed by atoms with Gasteiger partial charge in [-0.25, -0.2) is 8.42 Å². The summed E-state index contributed by atoms with van der Waals surface area (Å²) in [5, 5.41) is 0. The Morgan fingerprint density at radius 2 is 1.93 bits per heavy atom. The van der Waals surface area contributed by atoms with E-state index in [2.05, 4.69) is 0 Å². The standard InChI is InChI=1S/C20H24N2O4S/c1-21(15-17-8-3-4-11-19(17)26-2)20(23)16-9-7-10-18(14-16)22-12-5-6-13-27(22,24)25/h3-4,7-11,14H,5-6,12-13,15H2,1-2H3. The van der Waals surface area contributed by atoms with Crippen molar-refractivity contribution in [2.24, 2.45) is 0 Å². The van der Waals surface area contributed by atoms with Gasteiger partial charge in [0, 0.05) is 31.3 Å². The fourth-order valence-electron chi connectivity index (χ4n) is 3.25. The van der Waals surface area contributed by atoms with E-state index < -0.39 is 10.0 Å². The zero-order valence-corrected chi connectivity index (χ0v) is 16.4. The minimum atomic E-state index is -3.30. The van der Waals surface area contributed by atoms with Crippen LogP contribution in [0, 0.1) is 0 Å². The van der Waals surface area contributed by atoms with E-state index in [0.717, 1.165) is 17.7 Å². The number of hydrogen-bond acceptors (Lipinski definition) is 4. The molecule has 0 N–H and O–H groups in total. The molecule has 0 radical (unpaired) electrons. The SMILES string of the molecule is COc1ccccc1CN(C)C(=O)c1cccc(N2CCCCS2(=O)=O)c1. The van der Waals surface area contributed by atoms with Crippen molar-refractivity contribution < 1.29 is 17.9 Å². The Balaban J connectivity index is 1.81. The summed E-state index contributed by atoms with van der Waals surface area (Å²) in [6.45, 7) is 0.853. The van der Waals surface area contributed by atoms with Gasteiger partial charge < -0.3 is 9.64 Å². The van der Waals surface area contributed by atoms with Crippen LogP contribution in [0.4, 0.5) is 5.69 Å². The quantitative estimate of drug-likeness (QED) is 0.790. The maximum Gasteiger partial charge on any atom is 0.253 e. The second kappa shape index (κ2) is 8.00. The normalized spacial score (nSPS) is 16.0. The highest BCUT2D eigenvalue weighted by Crippen LogP contribution is 2.25. The number of methoxy groups -OCH3 is 1. The molecule has 0 atom stereocenters. The average Bonchev–Trinajstić information content (AvgIpc) is 2.67. The predicted octanol–water partition coefficient (Wildman–Crippen LogP) is 2.90. The zero-order chi connectivity index (χ0) is 19.4. The van der Waals surface area contributed by atoms with Crippen LogP contribution in [0.25, 0.3) is 0 Å². The Hall–Kier alpha value is -2.54. The summed E-state index contributed by atoms with van der Waals surface area (Å²) in [5.41, 5.74) is 1.92. The fraction of sp³-hybridized carbons (Fsp3) is 0.350. The van der Waals surface area contributed by atoms with Gasteiger partial charge in [0.15, 0.2) is 0 Å². The van der Waals surface area contributed by atoms with Crippen molar-refractivity contribution in [1.82, 2.24) is 4.90 Å². The molecule has 2 aromatic rings. The molecule has 7 heteroatoms. The molecule has 1 fully saturated rings. The molecule has 1 amide bonds. The minimum Gasteiger partial charge on any atom is -0.496 e.